The molecule has 0 aliphatic carbocycles. The van der Waals surface area contributed by atoms with Crippen molar-refractivity contribution in [2.45, 2.75) is 47.1 Å². The quantitative estimate of drug-likeness (QED) is 0.0856. The van der Waals surface area contributed by atoms with Gasteiger partial charge in [0.15, 0.2) is 0 Å². The highest BCUT2D eigenvalue weighted by atomic mass is 31.2. The lowest BCUT2D eigenvalue weighted by molar-refractivity contribution is 0.202. The molecule has 2 heterocycles. The summed E-state index contributed by atoms with van der Waals surface area (Å²) >= 11 is 0. The molecule has 26 heteroatoms. The normalized spacial score (nSPS) is 17.1. The Morgan fingerprint density at radius 3 is 1.28 bits per heavy atom. The van der Waals surface area contributed by atoms with Crippen molar-refractivity contribution in [3.05, 3.63) is 35.9 Å². The second-order valence-corrected chi connectivity index (χ2v) is 27.4. The average molecular weight is 937 g/mol. The van der Waals surface area contributed by atoms with Gasteiger partial charge in [-0.1, -0.05) is 51.6 Å². The van der Waals surface area contributed by atoms with Crippen molar-refractivity contribution in [3.8, 4) is 0 Å². The molecule has 57 heavy (non-hydrogen) atoms. The monoisotopic (exact) mass is 936 g/mol. The minimum atomic E-state index is -2.64. The Hall–Kier alpha value is 0.0400. The van der Waals surface area contributed by atoms with Crippen LogP contribution >= 0.6 is 44.7 Å². The molecule has 0 bridgehead atoms. The van der Waals surface area contributed by atoms with Crippen LogP contribution in [0.15, 0.2) is 30.3 Å². The number of methoxy groups -OCH3 is 2. The van der Waals surface area contributed by atoms with Gasteiger partial charge in [-0.25, -0.2) is 0 Å². The highest BCUT2D eigenvalue weighted by Crippen LogP contribution is 2.32. The fourth-order valence-electron chi connectivity index (χ4n) is 3.90. The van der Waals surface area contributed by atoms with Crippen LogP contribution in [0.4, 0.5) is 0 Å². The van der Waals surface area contributed by atoms with E-state index in [0.717, 1.165) is 64.1 Å². The first-order valence-electron chi connectivity index (χ1n) is 18.3. The van der Waals surface area contributed by atoms with Crippen molar-refractivity contribution in [3.63, 3.8) is 0 Å². The Morgan fingerprint density at radius 1 is 0.632 bits per heavy atom. The third-order valence-electron chi connectivity index (χ3n) is 6.41. The number of nitrogens with two attached hydrogens (primary N) is 3. The van der Waals surface area contributed by atoms with E-state index in [1.165, 1.54) is 13.3 Å². The fourth-order valence-corrected chi connectivity index (χ4v) is 9.43. The Labute approximate surface area is 345 Å². The average Bonchev–Trinajstić information content (AvgIpc) is 3.27. The van der Waals surface area contributed by atoms with Gasteiger partial charge in [-0.3, -0.25) is 89.7 Å². The summed E-state index contributed by atoms with van der Waals surface area (Å²) in [4.78, 5) is 0. The molecule has 2 aliphatic rings. The van der Waals surface area contributed by atoms with E-state index in [1.807, 2.05) is 44.2 Å². The Bertz CT molecular complexity index is 1350. The van der Waals surface area contributed by atoms with Gasteiger partial charge in [0.05, 0.1) is 13.2 Å². The van der Waals surface area contributed by atoms with Gasteiger partial charge >= 0.3 is 0 Å². The van der Waals surface area contributed by atoms with E-state index < -0.39 is 44.7 Å². The number of hydrogen-bond donors (Lipinski definition) is 12. The summed E-state index contributed by atoms with van der Waals surface area (Å²) in [5, 5.41) is 26.0. The molecule has 0 aromatic heterocycles. The van der Waals surface area contributed by atoms with Gasteiger partial charge in [-0.2, -0.15) is 0 Å². The highest BCUT2D eigenvalue weighted by molar-refractivity contribution is 7.60. The largest absolute Gasteiger partial charge is 0.383 e. The predicted octanol–water partition coefficient (Wildman–Crippen LogP) is 4.40. The second kappa shape index (κ2) is 35.6. The van der Waals surface area contributed by atoms with Crippen LogP contribution in [0.2, 0.25) is 0 Å². The van der Waals surface area contributed by atoms with E-state index in [4.69, 9.17) is 15.0 Å². The lowest BCUT2D eigenvalue weighted by Gasteiger charge is -2.20. The molecule has 344 valence electrons. The molecular formula is C31H82N12O8P6. The first kappa shape index (κ1) is 63.7. The summed E-state index contributed by atoms with van der Waals surface area (Å²) in [6.45, 7) is 21.4. The van der Waals surface area contributed by atoms with E-state index in [0.29, 0.717) is 32.8 Å². The van der Waals surface area contributed by atoms with Crippen LogP contribution in [0.25, 0.3) is 0 Å². The van der Waals surface area contributed by atoms with Crippen LogP contribution in [0.1, 0.15) is 46.1 Å². The zero-order chi connectivity index (χ0) is 43.8. The molecule has 1 aromatic rings. The molecule has 20 nitrogen and oxygen atoms in total. The van der Waals surface area contributed by atoms with E-state index in [9.17, 15) is 27.4 Å². The van der Waals surface area contributed by atoms with Gasteiger partial charge in [0, 0.05) is 100 Å². The van der Waals surface area contributed by atoms with Crippen LogP contribution in [0, 0.1) is 0 Å². The summed E-state index contributed by atoms with van der Waals surface area (Å²) in [6, 6.07) is 9.74. The van der Waals surface area contributed by atoms with Crippen LogP contribution in [-0.4, -0.2) is 120 Å². The number of nitrogens with one attached hydrogen (secondary N) is 9. The first-order chi connectivity index (χ1) is 25.7. The van der Waals surface area contributed by atoms with Crippen molar-refractivity contribution in [1.82, 2.24) is 45.8 Å². The molecule has 2 saturated heterocycles. The number of rotatable bonds is 15. The molecule has 1 unspecified atom stereocenters. The van der Waals surface area contributed by atoms with Crippen molar-refractivity contribution in [2.75, 3.05) is 120 Å². The van der Waals surface area contributed by atoms with Crippen LogP contribution in [0.3, 0.4) is 0 Å². The van der Waals surface area contributed by atoms with Crippen molar-refractivity contribution < 1.29 is 36.9 Å². The lowest BCUT2D eigenvalue weighted by Crippen LogP contribution is -2.30. The third-order valence-corrected chi connectivity index (χ3v) is 14.0. The Morgan fingerprint density at radius 2 is 0.965 bits per heavy atom. The van der Waals surface area contributed by atoms with Gasteiger partial charge in [-0.05, 0) is 37.9 Å². The van der Waals surface area contributed by atoms with Gasteiger partial charge < -0.3 is 9.47 Å². The topological polar surface area (TPSA) is 307 Å². The second-order valence-electron chi connectivity index (χ2n) is 13.1. The SMILES string of the molecule is C.CCNP(C)(=O)NCC.COCCNP(C)(=O)NCCOC.CP(N)(=O)NCc1ccccc1.CP(N)(N)=O.CP1(=O)NCCCCN1.CP1(=O)NCCCN1. The van der Waals surface area contributed by atoms with Crippen LogP contribution in [0.5, 0.6) is 0 Å². The molecule has 0 radical (unpaired) electrons. The minimum Gasteiger partial charge on any atom is -0.383 e. The number of hydrogen-bond acceptors (Lipinski definition) is 8. The van der Waals surface area contributed by atoms with Gasteiger partial charge in [0.2, 0.25) is 44.7 Å². The molecule has 0 amide bonds. The maximum Gasteiger partial charge on any atom is 0.208 e. The lowest BCUT2D eigenvalue weighted by atomic mass is 10.2. The summed E-state index contributed by atoms with van der Waals surface area (Å²) in [7, 11) is -10.8. The molecule has 3 rings (SSSR count). The molecule has 0 saturated carbocycles. The summed E-state index contributed by atoms with van der Waals surface area (Å²) in [6.07, 6.45) is 3.34. The van der Waals surface area contributed by atoms with Crippen LogP contribution in [-0.2, 0) is 43.4 Å². The zero-order valence-electron chi connectivity index (χ0n) is 35.5. The maximum absolute atomic E-state index is 11.6. The van der Waals surface area contributed by atoms with Gasteiger partial charge in [0.25, 0.3) is 0 Å². The van der Waals surface area contributed by atoms with E-state index in [1.54, 1.807) is 40.9 Å². The Kier molecular flexibility index (Phi) is 39.8. The standard InChI is InChI=1S/C8H13N2OP.C7H19N2O3P.C5H13N2OP.C5H15N2OP.C4H11N2OP.CH7N2OP.CH4/c1-12(9,11)10-7-8-5-3-2-4-6-8;1-11-6-4-8-13(3,10)9-5-7-12-2;1-9(8)6-4-2-3-5-7-9;1-4-6-9(3,8)7-5-2;1-8(7)5-3-2-4-6-8;1-5(2,3)4;/h2-6H,7H2,1H3,(H3,9,10,11);4-7H2,1-3H3,(H2,8,9,10);2-5H2,1H3,(H2,6,7,8);4-5H2,1-3H3,(H2,6,7,8);2-4H2,1H3,(H2,5,6,7);1H3,(H4,2,3,4);1H4. The molecule has 2 fully saturated rings. The highest BCUT2D eigenvalue weighted by Gasteiger charge is 2.16. The van der Waals surface area contributed by atoms with Gasteiger partial charge in [0.1, 0.15) is 0 Å². The van der Waals surface area contributed by atoms with Crippen molar-refractivity contribution in [1.29, 1.82) is 0 Å². The molecule has 15 N–H and O–H groups in total. The molecule has 2 aliphatic heterocycles. The fraction of sp³-hybridized carbons (Fsp3) is 0.806. The summed E-state index contributed by atoms with van der Waals surface area (Å²) in [5.41, 5.74) is 15.8. The number of ether oxygens (including phenoxy) is 2. The van der Waals surface area contributed by atoms with E-state index in [-0.39, 0.29) is 7.43 Å². The van der Waals surface area contributed by atoms with Crippen molar-refractivity contribution >= 4 is 44.7 Å². The molecule has 1 aromatic carbocycles. The zero-order valence-corrected chi connectivity index (χ0v) is 40.8. The predicted molar refractivity (Wildman–Crippen MR) is 247 cm³/mol. The Balaban J connectivity index is -0.000000300. The molecule has 0 spiro atoms. The molecule has 1 atom stereocenters. The molecular weight excluding hydrogens is 854 g/mol. The van der Waals surface area contributed by atoms with E-state index >= 15 is 0 Å². The summed E-state index contributed by atoms with van der Waals surface area (Å²) < 4.78 is 75.5. The van der Waals surface area contributed by atoms with E-state index in [2.05, 4.69) is 56.8 Å². The first-order valence-corrected chi connectivity index (χ1v) is 31.5. The summed E-state index contributed by atoms with van der Waals surface area (Å²) in [5.74, 6) is 0. The van der Waals surface area contributed by atoms with Crippen molar-refractivity contribution in [2.24, 2.45) is 16.5 Å². The maximum atomic E-state index is 11.6. The minimum absolute atomic E-state index is 0. The number of benzene rings is 1. The van der Waals surface area contributed by atoms with Gasteiger partial charge in [-0.15, -0.1) is 0 Å². The smallest absolute Gasteiger partial charge is 0.208 e. The third kappa shape index (κ3) is 54.0. The van der Waals surface area contributed by atoms with Crippen LogP contribution < -0.4 is 62.3 Å².